The van der Waals surface area contributed by atoms with E-state index in [1.54, 1.807) is 14.0 Å². The van der Waals surface area contributed by atoms with E-state index in [0.717, 1.165) is 22.6 Å². The molecule has 0 aliphatic carbocycles. The quantitative estimate of drug-likeness (QED) is 0.262. The van der Waals surface area contributed by atoms with Crippen molar-refractivity contribution >= 4 is 41.6 Å². The summed E-state index contributed by atoms with van der Waals surface area (Å²) in [6, 6.07) is 13.3. The smallest absolute Gasteiger partial charge is 0.310 e. The highest BCUT2D eigenvalue weighted by Gasteiger charge is 2.55. The Morgan fingerprint density at radius 1 is 1.12 bits per heavy atom. The number of para-hydroxylation sites is 1. The number of piperidine rings is 1. The van der Waals surface area contributed by atoms with Crippen molar-refractivity contribution in [1.29, 1.82) is 0 Å². The number of esters is 1. The number of halogens is 1. The fourth-order valence-corrected chi connectivity index (χ4v) is 8.88. The second-order valence-electron chi connectivity index (χ2n) is 12.6. The molecule has 0 radical (unpaired) electrons. The summed E-state index contributed by atoms with van der Waals surface area (Å²) in [5.74, 6) is 0.0562. The summed E-state index contributed by atoms with van der Waals surface area (Å²) in [6.07, 6.45) is 1.36. The molecule has 220 valence electrons. The van der Waals surface area contributed by atoms with E-state index in [9.17, 15) is 13.2 Å². The van der Waals surface area contributed by atoms with Gasteiger partial charge in [-0.25, -0.2) is 8.42 Å². The zero-order chi connectivity index (χ0) is 29.5. The average Bonchev–Trinajstić information content (AvgIpc) is 3.04. The van der Waals surface area contributed by atoms with E-state index in [2.05, 4.69) is 38.8 Å². The predicted molar refractivity (Wildman–Crippen MR) is 164 cm³/mol. The molecule has 2 aromatic rings. The van der Waals surface area contributed by atoms with E-state index in [1.807, 2.05) is 42.5 Å². The number of anilines is 1. The lowest BCUT2D eigenvalue weighted by Crippen LogP contribution is -2.49. The average molecular weight is 607 g/mol. The maximum atomic E-state index is 13.5. The fraction of sp³-hybridized carbons (Fsp3) is 0.567. The largest absolute Gasteiger partial charge is 0.543 e. The van der Waals surface area contributed by atoms with Crippen molar-refractivity contribution in [2.75, 3.05) is 37.6 Å². The highest BCUT2D eigenvalue weighted by Crippen LogP contribution is 2.52. The van der Waals surface area contributed by atoms with Crippen LogP contribution in [0, 0.1) is 5.92 Å². The summed E-state index contributed by atoms with van der Waals surface area (Å²) >= 11 is 6.62. The Hall–Kier alpha value is -2.07. The number of sulfonamides is 1. The molecule has 2 aliphatic rings. The standard InChI is InChI=1S/C30H43ClN2O5SSi/c1-8-37-28(34)23(19-22-20-24(13-14-26(22)31)38-40(6,7)29(2,3)4)21-33-17-15-30(16-18-33)25-11-9-10-12-27(25)32(5)39(30,35)36/h9-14,20,23H,8,15-19,21H2,1-7H3. The van der Waals surface area contributed by atoms with Crippen molar-refractivity contribution in [1.82, 2.24) is 4.90 Å². The molecule has 2 aliphatic heterocycles. The molecule has 1 unspecified atom stereocenters. The Morgan fingerprint density at radius 2 is 1.77 bits per heavy atom. The highest BCUT2D eigenvalue weighted by atomic mass is 35.5. The van der Waals surface area contributed by atoms with Gasteiger partial charge >= 0.3 is 5.97 Å². The monoisotopic (exact) mass is 606 g/mol. The molecule has 1 spiro atoms. The van der Waals surface area contributed by atoms with Crippen LogP contribution in [0.5, 0.6) is 5.75 Å². The van der Waals surface area contributed by atoms with Crippen LogP contribution in [0.2, 0.25) is 23.2 Å². The van der Waals surface area contributed by atoms with Crippen molar-refractivity contribution in [3.8, 4) is 5.75 Å². The lowest BCUT2D eigenvalue weighted by atomic mass is 9.86. The number of carbonyl (C=O) groups is 1. The number of benzene rings is 2. The summed E-state index contributed by atoms with van der Waals surface area (Å²) in [5, 5.41) is 0.639. The lowest BCUT2D eigenvalue weighted by molar-refractivity contribution is -0.148. The zero-order valence-corrected chi connectivity index (χ0v) is 27.4. The SMILES string of the molecule is CCOC(=O)C(Cc1cc(O[Si](C)(C)C(C)(C)C)ccc1Cl)CN1CCC2(CC1)c1ccccc1N(C)S2(=O)=O. The number of nitrogens with zero attached hydrogens (tertiary/aromatic N) is 2. The fourth-order valence-electron chi connectivity index (χ4n) is 5.57. The molecule has 7 nitrogen and oxygen atoms in total. The van der Waals surface area contributed by atoms with Gasteiger partial charge in [0.15, 0.2) is 0 Å². The van der Waals surface area contributed by atoms with Gasteiger partial charge in [0.2, 0.25) is 18.3 Å². The summed E-state index contributed by atoms with van der Waals surface area (Å²) in [5.41, 5.74) is 2.48. The maximum Gasteiger partial charge on any atom is 0.310 e. The minimum Gasteiger partial charge on any atom is -0.543 e. The van der Waals surface area contributed by atoms with Crippen LogP contribution in [0.1, 0.15) is 51.7 Å². The number of hydrogen-bond acceptors (Lipinski definition) is 6. The van der Waals surface area contributed by atoms with Crippen LogP contribution in [-0.2, 0) is 30.7 Å². The van der Waals surface area contributed by atoms with Crippen LogP contribution in [0.3, 0.4) is 0 Å². The van der Waals surface area contributed by atoms with Gasteiger partial charge in [-0.2, -0.15) is 0 Å². The topological polar surface area (TPSA) is 76.2 Å². The van der Waals surface area contributed by atoms with E-state index in [0.29, 0.717) is 50.5 Å². The number of fused-ring (bicyclic) bond motifs is 2. The number of hydrogen-bond donors (Lipinski definition) is 0. The molecule has 1 fully saturated rings. The number of ether oxygens (including phenoxy) is 1. The van der Waals surface area contributed by atoms with E-state index in [1.165, 1.54) is 4.31 Å². The third-order valence-electron chi connectivity index (χ3n) is 9.01. The van der Waals surface area contributed by atoms with Crippen molar-refractivity contribution in [2.24, 2.45) is 5.92 Å². The van der Waals surface area contributed by atoms with Gasteiger partial charge < -0.3 is 14.1 Å². The van der Waals surface area contributed by atoms with Gasteiger partial charge in [0.1, 0.15) is 10.5 Å². The van der Waals surface area contributed by atoms with Gasteiger partial charge in [-0.05, 0) is 79.7 Å². The van der Waals surface area contributed by atoms with Crippen LogP contribution < -0.4 is 8.73 Å². The van der Waals surface area contributed by atoms with Crippen molar-refractivity contribution in [2.45, 2.75) is 69.8 Å². The third kappa shape index (κ3) is 5.67. The Morgan fingerprint density at radius 3 is 2.40 bits per heavy atom. The molecule has 1 atom stereocenters. The number of rotatable bonds is 8. The predicted octanol–water partition coefficient (Wildman–Crippen LogP) is 6.22. The second-order valence-corrected chi connectivity index (χ2v) is 20.0. The number of likely N-dealkylation sites (tertiary alicyclic amines) is 1. The molecule has 0 N–H and O–H groups in total. The number of carbonyl (C=O) groups excluding carboxylic acids is 1. The Balaban J connectivity index is 1.52. The first-order valence-electron chi connectivity index (χ1n) is 14.1. The van der Waals surface area contributed by atoms with Gasteiger partial charge in [0.05, 0.1) is 18.2 Å². The maximum absolute atomic E-state index is 13.5. The van der Waals surface area contributed by atoms with Crippen molar-refractivity contribution < 1.29 is 22.4 Å². The molecule has 4 rings (SSSR count). The van der Waals surface area contributed by atoms with Crippen molar-refractivity contribution in [3.05, 3.63) is 58.6 Å². The van der Waals surface area contributed by atoms with Crippen LogP contribution in [-0.4, -0.2) is 60.9 Å². The molecule has 2 heterocycles. The minimum absolute atomic E-state index is 0.0496. The van der Waals surface area contributed by atoms with E-state index < -0.39 is 29.0 Å². The summed E-state index contributed by atoms with van der Waals surface area (Å²) in [7, 11) is -3.93. The zero-order valence-electron chi connectivity index (χ0n) is 24.8. The van der Waals surface area contributed by atoms with Gasteiger partial charge in [-0.15, -0.1) is 0 Å². The van der Waals surface area contributed by atoms with E-state index >= 15 is 0 Å². The summed E-state index contributed by atoms with van der Waals surface area (Å²) < 4.78 is 39.5. The normalized spacial score (nSPS) is 19.4. The molecular weight excluding hydrogens is 564 g/mol. The molecule has 10 heteroatoms. The van der Waals surface area contributed by atoms with Gasteiger partial charge in [0.25, 0.3) is 0 Å². The van der Waals surface area contributed by atoms with Crippen molar-refractivity contribution in [3.63, 3.8) is 0 Å². The van der Waals surface area contributed by atoms with Crippen LogP contribution in [0.25, 0.3) is 0 Å². The second kappa shape index (κ2) is 11.3. The Bertz CT molecular complexity index is 1350. The Labute approximate surface area is 246 Å². The first-order valence-corrected chi connectivity index (χ1v) is 18.8. The highest BCUT2D eigenvalue weighted by molar-refractivity contribution is 7.94. The molecule has 0 aromatic heterocycles. The molecular formula is C30H43ClN2O5SSi. The molecule has 40 heavy (non-hydrogen) atoms. The van der Waals surface area contributed by atoms with Gasteiger partial charge in [0, 0.05) is 31.7 Å². The molecule has 0 bridgehead atoms. The van der Waals surface area contributed by atoms with E-state index in [4.69, 9.17) is 20.8 Å². The lowest BCUT2D eigenvalue weighted by Gasteiger charge is -2.39. The minimum atomic E-state index is -3.52. The first kappa shape index (κ1) is 30.9. The molecule has 0 amide bonds. The molecule has 1 saturated heterocycles. The van der Waals surface area contributed by atoms with E-state index in [-0.39, 0.29) is 11.0 Å². The molecule has 0 saturated carbocycles. The van der Waals surface area contributed by atoms with Crippen LogP contribution >= 0.6 is 11.6 Å². The van der Waals surface area contributed by atoms with Gasteiger partial charge in [-0.1, -0.05) is 50.6 Å². The summed E-state index contributed by atoms with van der Waals surface area (Å²) in [6.45, 7) is 14.7. The Kier molecular flexibility index (Phi) is 8.73. The molecule has 2 aromatic carbocycles. The first-order chi connectivity index (χ1) is 18.6. The van der Waals surface area contributed by atoms with Crippen LogP contribution in [0.4, 0.5) is 5.69 Å². The van der Waals surface area contributed by atoms with Gasteiger partial charge in [-0.3, -0.25) is 9.10 Å². The van der Waals surface area contributed by atoms with Crippen LogP contribution in [0.15, 0.2) is 42.5 Å². The summed E-state index contributed by atoms with van der Waals surface area (Å²) in [4.78, 5) is 15.3. The third-order valence-corrected chi connectivity index (χ3v) is 16.3.